The fourth-order valence-corrected chi connectivity index (χ4v) is 3.50. The van der Waals surface area contributed by atoms with E-state index in [0.29, 0.717) is 19.0 Å². The second-order valence-electron chi connectivity index (χ2n) is 7.26. The Bertz CT molecular complexity index is 734. The molecule has 0 aromatic heterocycles. The van der Waals surface area contributed by atoms with Crippen molar-refractivity contribution in [2.24, 2.45) is 0 Å². The van der Waals surface area contributed by atoms with Crippen LogP contribution in [0.3, 0.4) is 0 Å². The topological polar surface area (TPSA) is 85.3 Å². The number of para-hydroxylation sites is 1. The highest BCUT2D eigenvalue weighted by atomic mass is 32.1. The van der Waals surface area contributed by atoms with Crippen LogP contribution in [0.1, 0.15) is 44.3 Å². The standard InChI is InChI=1S/C22H31NO6S/c1-15(24)19(25)8-9-22(26)23(16(2)30)14-21(29-17-10-12-28-13-11-17)18-6-4-5-7-20(18)27-3/h4-7,17,19,21,25,30H,2,8-14H2,1,3H3/t19-,21+/m1/s1. The van der Waals surface area contributed by atoms with Gasteiger partial charge in [-0.25, -0.2) is 0 Å². The Kier molecular flexibility index (Phi) is 9.84. The van der Waals surface area contributed by atoms with Gasteiger partial charge in [0.2, 0.25) is 5.91 Å². The highest BCUT2D eigenvalue weighted by molar-refractivity contribution is 7.84. The highest BCUT2D eigenvalue weighted by Crippen LogP contribution is 2.32. The molecule has 0 bridgehead atoms. The minimum Gasteiger partial charge on any atom is -0.496 e. The number of amides is 1. The molecule has 1 aliphatic rings. The number of aliphatic hydroxyl groups excluding tert-OH is 1. The van der Waals surface area contributed by atoms with Gasteiger partial charge in [0.1, 0.15) is 18.0 Å². The minimum atomic E-state index is -1.16. The van der Waals surface area contributed by atoms with Crippen LogP contribution >= 0.6 is 12.6 Å². The summed E-state index contributed by atoms with van der Waals surface area (Å²) in [6.45, 7) is 6.56. The van der Waals surface area contributed by atoms with E-state index in [0.717, 1.165) is 18.4 Å². The molecular formula is C22H31NO6S. The van der Waals surface area contributed by atoms with Crippen molar-refractivity contribution in [3.05, 3.63) is 41.4 Å². The molecule has 0 spiro atoms. The fourth-order valence-electron chi connectivity index (χ4n) is 3.31. The summed E-state index contributed by atoms with van der Waals surface area (Å²) in [6.07, 6.45) is -0.0405. The maximum Gasteiger partial charge on any atom is 0.227 e. The lowest BCUT2D eigenvalue weighted by atomic mass is 10.1. The van der Waals surface area contributed by atoms with Gasteiger partial charge < -0.3 is 24.2 Å². The van der Waals surface area contributed by atoms with Gasteiger partial charge in [-0.1, -0.05) is 24.8 Å². The maximum atomic E-state index is 12.8. The first kappa shape index (κ1) is 24.4. The summed E-state index contributed by atoms with van der Waals surface area (Å²) in [6, 6.07) is 7.52. The van der Waals surface area contributed by atoms with Crippen molar-refractivity contribution in [2.45, 2.75) is 50.9 Å². The molecule has 1 N–H and O–H groups in total. The molecule has 166 valence electrons. The molecule has 8 heteroatoms. The molecule has 1 amide bonds. The summed E-state index contributed by atoms with van der Waals surface area (Å²) in [4.78, 5) is 25.5. The summed E-state index contributed by atoms with van der Waals surface area (Å²) < 4.78 is 17.3. The number of rotatable bonds is 11. The monoisotopic (exact) mass is 437 g/mol. The number of Topliss-reactive ketones (excluding diaryl/α,β-unsaturated/α-hetero) is 1. The lowest BCUT2D eigenvalue weighted by molar-refractivity contribution is -0.134. The van der Waals surface area contributed by atoms with Crippen LogP contribution in [0.2, 0.25) is 0 Å². The molecular weight excluding hydrogens is 406 g/mol. The van der Waals surface area contributed by atoms with E-state index < -0.39 is 12.2 Å². The molecule has 1 fully saturated rings. The van der Waals surface area contributed by atoms with Gasteiger partial charge in [0.05, 0.1) is 24.8 Å². The van der Waals surface area contributed by atoms with Gasteiger partial charge in [0.15, 0.2) is 5.78 Å². The number of nitrogens with zero attached hydrogens (tertiary/aromatic N) is 1. The number of aliphatic hydroxyl groups is 1. The SMILES string of the molecule is C=C(S)N(C[C@H](OC1CCOCC1)c1ccccc1OC)C(=O)CC[C@@H](O)C(C)=O. The van der Waals surface area contributed by atoms with Gasteiger partial charge in [-0.15, -0.1) is 12.6 Å². The zero-order valence-electron chi connectivity index (χ0n) is 17.6. The van der Waals surface area contributed by atoms with Crippen molar-refractivity contribution in [3.8, 4) is 5.75 Å². The van der Waals surface area contributed by atoms with Crippen molar-refractivity contribution < 1.29 is 28.9 Å². The number of carbonyl (C=O) groups excluding carboxylic acids is 2. The molecule has 1 saturated heterocycles. The molecule has 0 radical (unpaired) electrons. The van der Waals surface area contributed by atoms with E-state index in [1.807, 2.05) is 24.3 Å². The Hall–Kier alpha value is -1.87. The van der Waals surface area contributed by atoms with E-state index >= 15 is 0 Å². The van der Waals surface area contributed by atoms with Gasteiger partial charge in [-0.2, -0.15) is 0 Å². The van der Waals surface area contributed by atoms with Gasteiger partial charge in [0, 0.05) is 25.2 Å². The largest absolute Gasteiger partial charge is 0.496 e. The summed E-state index contributed by atoms with van der Waals surface area (Å²) in [5.74, 6) is 0.0123. The Morgan fingerprint density at radius 2 is 2.00 bits per heavy atom. The van der Waals surface area contributed by atoms with E-state index in [4.69, 9.17) is 14.2 Å². The molecule has 0 saturated carbocycles. The first-order valence-electron chi connectivity index (χ1n) is 10.1. The number of methoxy groups -OCH3 is 1. The van der Waals surface area contributed by atoms with Crippen molar-refractivity contribution in [2.75, 3.05) is 26.9 Å². The van der Waals surface area contributed by atoms with Gasteiger partial charge in [-0.3, -0.25) is 9.59 Å². The second-order valence-corrected chi connectivity index (χ2v) is 7.78. The summed E-state index contributed by atoms with van der Waals surface area (Å²) >= 11 is 4.29. The summed E-state index contributed by atoms with van der Waals surface area (Å²) in [5, 5.41) is 10.00. The van der Waals surface area contributed by atoms with E-state index in [1.54, 1.807) is 7.11 Å². The highest BCUT2D eigenvalue weighted by Gasteiger charge is 2.28. The zero-order chi connectivity index (χ0) is 22.1. The average molecular weight is 438 g/mol. The number of hydrogen-bond donors (Lipinski definition) is 2. The second kappa shape index (κ2) is 12.1. The maximum absolute atomic E-state index is 12.8. The van der Waals surface area contributed by atoms with E-state index in [1.165, 1.54) is 11.8 Å². The number of ketones is 1. The summed E-state index contributed by atoms with van der Waals surface area (Å²) in [5.41, 5.74) is 0.822. The number of benzene rings is 1. The third-order valence-corrected chi connectivity index (χ3v) is 5.31. The van der Waals surface area contributed by atoms with Gasteiger partial charge >= 0.3 is 0 Å². The van der Waals surface area contributed by atoms with Crippen LogP contribution in [0.5, 0.6) is 5.75 Å². The van der Waals surface area contributed by atoms with Crippen molar-refractivity contribution in [3.63, 3.8) is 0 Å². The summed E-state index contributed by atoms with van der Waals surface area (Å²) in [7, 11) is 1.59. The Balaban J connectivity index is 2.20. The predicted molar refractivity (Wildman–Crippen MR) is 116 cm³/mol. The van der Waals surface area contributed by atoms with Crippen LogP contribution in [-0.2, 0) is 19.1 Å². The van der Waals surface area contributed by atoms with Crippen molar-refractivity contribution >= 4 is 24.3 Å². The van der Waals surface area contributed by atoms with E-state index in [-0.39, 0.29) is 42.2 Å². The Labute approximate surface area is 183 Å². The number of ether oxygens (including phenoxy) is 3. The third-order valence-electron chi connectivity index (χ3n) is 5.07. The number of thiol groups is 1. The van der Waals surface area contributed by atoms with E-state index in [2.05, 4.69) is 19.2 Å². The fraction of sp³-hybridized carbons (Fsp3) is 0.545. The molecule has 1 aliphatic heterocycles. The predicted octanol–water partition coefficient (Wildman–Crippen LogP) is 2.89. The quantitative estimate of drug-likeness (QED) is 0.518. The van der Waals surface area contributed by atoms with Gasteiger partial charge in [-0.05, 0) is 32.3 Å². The Morgan fingerprint density at radius 3 is 2.60 bits per heavy atom. The minimum absolute atomic E-state index is 0.00154. The third kappa shape index (κ3) is 7.12. The molecule has 7 nitrogen and oxygen atoms in total. The molecule has 1 aromatic rings. The van der Waals surface area contributed by atoms with Crippen LogP contribution in [0.25, 0.3) is 0 Å². The van der Waals surface area contributed by atoms with Crippen LogP contribution in [-0.4, -0.2) is 60.8 Å². The Morgan fingerprint density at radius 1 is 1.33 bits per heavy atom. The number of hydrogen-bond acceptors (Lipinski definition) is 7. The smallest absolute Gasteiger partial charge is 0.227 e. The van der Waals surface area contributed by atoms with Crippen LogP contribution < -0.4 is 4.74 Å². The van der Waals surface area contributed by atoms with Crippen LogP contribution in [0, 0.1) is 0 Å². The molecule has 30 heavy (non-hydrogen) atoms. The zero-order valence-corrected chi connectivity index (χ0v) is 18.5. The lowest BCUT2D eigenvalue weighted by Gasteiger charge is -2.32. The van der Waals surface area contributed by atoms with Crippen LogP contribution in [0.15, 0.2) is 35.9 Å². The molecule has 1 heterocycles. The first-order valence-corrected chi connectivity index (χ1v) is 10.5. The lowest BCUT2D eigenvalue weighted by Crippen LogP contribution is -2.36. The molecule has 0 aliphatic carbocycles. The van der Waals surface area contributed by atoms with Crippen molar-refractivity contribution in [1.82, 2.24) is 4.90 Å². The first-order chi connectivity index (χ1) is 14.3. The van der Waals surface area contributed by atoms with Crippen molar-refractivity contribution in [1.29, 1.82) is 0 Å². The molecule has 2 atom stereocenters. The number of carbonyl (C=O) groups is 2. The molecule has 0 unspecified atom stereocenters. The normalized spacial score (nSPS) is 16.5. The average Bonchev–Trinajstić information content (AvgIpc) is 2.74. The van der Waals surface area contributed by atoms with Crippen LogP contribution in [0.4, 0.5) is 0 Å². The molecule has 2 rings (SSSR count). The van der Waals surface area contributed by atoms with E-state index in [9.17, 15) is 14.7 Å². The van der Waals surface area contributed by atoms with Gasteiger partial charge in [0.25, 0.3) is 0 Å². The molecule has 1 aromatic carbocycles.